The van der Waals surface area contributed by atoms with Crippen LogP contribution in [0.1, 0.15) is 135 Å². The standard InChI is InChI=1S/C27H38N2.C16H25BNO2.Cu/c1-18(2)22-11-9-12-23(19(3)4)26(22)28-15-16-29(17-28)27-24(20(5)6)13-10-14-25(27)21(7)8;1-15(2)16(3,4)20-17(19-15)12-11-13-7-9-14(10-8-13)18(5)6;/h9-16,18-21H,17H2,1-8H3;7-11H,12H2,1-6H3;/q;-1;+1. The first-order chi connectivity index (χ1) is 22.9. The number of anilines is 3. The second-order valence-corrected chi connectivity index (χ2v) is 16.2. The average Bonchev–Trinajstić information content (AvgIpc) is 3.60. The van der Waals surface area contributed by atoms with Gasteiger partial charge in [0.15, 0.2) is 0 Å². The maximum atomic E-state index is 5.99. The fourth-order valence-electron chi connectivity index (χ4n) is 6.60. The van der Waals surface area contributed by atoms with Gasteiger partial charge < -0.3 is 24.0 Å². The molecule has 0 aliphatic carbocycles. The zero-order valence-corrected chi connectivity index (χ0v) is 34.2. The van der Waals surface area contributed by atoms with E-state index in [0.29, 0.717) is 23.7 Å². The molecule has 0 saturated carbocycles. The van der Waals surface area contributed by atoms with Crippen molar-refractivity contribution >= 4 is 24.2 Å². The Bertz CT molecular complexity index is 1420. The minimum Gasteiger partial charge on any atom is -0.404 e. The minimum absolute atomic E-state index is 0. The van der Waals surface area contributed by atoms with Crippen LogP contribution in [-0.4, -0.2) is 39.1 Å². The molecular formula is C43H63BCuN3O2. The summed E-state index contributed by atoms with van der Waals surface area (Å²) >= 11 is 0. The summed E-state index contributed by atoms with van der Waals surface area (Å²) in [6.07, 6.45) is 7.48. The predicted molar refractivity (Wildman–Crippen MR) is 213 cm³/mol. The molecule has 0 aromatic heterocycles. The van der Waals surface area contributed by atoms with Gasteiger partial charge in [0.05, 0.1) is 17.9 Å². The van der Waals surface area contributed by atoms with Gasteiger partial charge >= 0.3 is 24.2 Å². The van der Waals surface area contributed by atoms with E-state index in [0.717, 1.165) is 13.0 Å². The molecule has 0 amide bonds. The van der Waals surface area contributed by atoms with E-state index in [4.69, 9.17) is 9.31 Å². The second kappa shape index (κ2) is 17.1. The van der Waals surface area contributed by atoms with E-state index in [1.807, 2.05) is 14.1 Å². The van der Waals surface area contributed by atoms with Gasteiger partial charge in [-0.2, -0.15) is 24.1 Å². The van der Waals surface area contributed by atoms with Crippen molar-refractivity contribution in [2.75, 3.05) is 35.5 Å². The fraction of sp³-hybridized carbons (Fsp3) is 0.512. The van der Waals surface area contributed by atoms with E-state index in [1.54, 1.807) is 0 Å². The Morgan fingerprint density at radius 3 is 1.32 bits per heavy atom. The molecule has 1 saturated heterocycles. The number of nitrogens with zero attached hydrogens (tertiary/aromatic N) is 3. The Hall–Kier alpha value is -2.83. The van der Waals surface area contributed by atoms with Crippen molar-refractivity contribution in [2.45, 2.75) is 124 Å². The van der Waals surface area contributed by atoms with Crippen LogP contribution in [0.2, 0.25) is 6.32 Å². The molecule has 7 heteroatoms. The summed E-state index contributed by atoms with van der Waals surface area (Å²) in [6, 6.07) is 22.1. The van der Waals surface area contributed by atoms with Crippen LogP contribution >= 0.6 is 0 Å². The average molecular weight is 728 g/mol. The molecule has 5 rings (SSSR count). The summed E-state index contributed by atoms with van der Waals surface area (Å²) in [6.45, 7) is 27.6. The Morgan fingerprint density at radius 1 is 0.640 bits per heavy atom. The first-order valence-electron chi connectivity index (χ1n) is 18.4. The van der Waals surface area contributed by atoms with Crippen LogP contribution in [0.15, 0.2) is 73.1 Å². The van der Waals surface area contributed by atoms with E-state index in [1.165, 1.54) is 44.9 Å². The molecule has 0 bridgehead atoms. The van der Waals surface area contributed by atoms with Crippen molar-refractivity contribution in [2.24, 2.45) is 0 Å². The molecule has 50 heavy (non-hydrogen) atoms. The van der Waals surface area contributed by atoms with Crippen LogP contribution in [0, 0.1) is 6.42 Å². The van der Waals surface area contributed by atoms with Crippen molar-refractivity contribution in [3.05, 3.63) is 107 Å². The summed E-state index contributed by atoms with van der Waals surface area (Å²) in [5.41, 5.74) is 10.4. The SMILES string of the molecule is CC(C)c1cccc(C(C)C)c1N1C=CN(c2c(C(C)C)cccc2C(C)C)C1.CN(C)c1ccc([CH-]CB2OC(C)(C)C(C)(C)O2)cc1.[Cu+]. The first kappa shape index (κ1) is 41.6. The molecule has 0 spiro atoms. The smallest absolute Gasteiger partial charge is 0.404 e. The van der Waals surface area contributed by atoms with Gasteiger partial charge in [-0.15, -0.1) is 0 Å². The molecule has 1 fully saturated rings. The third-order valence-electron chi connectivity index (χ3n) is 10.2. The van der Waals surface area contributed by atoms with Crippen molar-refractivity contribution in [1.29, 1.82) is 0 Å². The van der Waals surface area contributed by atoms with E-state index in [-0.39, 0.29) is 35.4 Å². The number of benzene rings is 3. The summed E-state index contributed by atoms with van der Waals surface area (Å²) in [7, 11) is 3.93. The maximum Gasteiger partial charge on any atom is 1.00 e. The molecule has 2 aliphatic rings. The Balaban J connectivity index is 0.000000283. The summed E-state index contributed by atoms with van der Waals surface area (Å²) < 4.78 is 12.0. The Labute approximate surface area is 316 Å². The van der Waals surface area contributed by atoms with Crippen molar-refractivity contribution < 1.29 is 26.4 Å². The number of para-hydroxylation sites is 2. The zero-order valence-electron chi connectivity index (χ0n) is 33.3. The van der Waals surface area contributed by atoms with Crippen LogP contribution < -0.4 is 14.7 Å². The van der Waals surface area contributed by atoms with Gasteiger partial charge in [-0.05, 0) is 79.9 Å². The molecule has 0 atom stereocenters. The number of hydrogen-bond donors (Lipinski definition) is 0. The van der Waals surface area contributed by atoms with Gasteiger partial charge in [0.2, 0.25) is 0 Å². The van der Waals surface area contributed by atoms with Gasteiger partial charge in [-0.3, -0.25) is 0 Å². The van der Waals surface area contributed by atoms with Crippen molar-refractivity contribution in [1.82, 2.24) is 0 Å². The van der Waals surface area contributed by atoms with Gasteiger partial charge in [0.25, 0.3) is 0 Å². The topological polar surface area (TPSA) is 28.2 Å². The Morgan fingerprint density at radius 2 is 1.00 bits per heavy atom. The van der Waals surface area contributed by atoms with Gasteiger partial charge in [-0.1, -0.05) is 104 Å². The molecule has 0 radical (unpaired) electrons. The van der Waals surface area contributed by atoms with Gasteiger partial charge in [0.1, 0.15) is 0 Å². The molecule has 2 heterocycles. The largest absolute Gasteiger partial charge is 1.00 e. The molecule has 5 nitrogen and oxygen atoms in total. The molecule has 0 N–H and O–H groups in total. The van der Waals surface area contributed by atoms with E-state index in [2.05, 4.69) is 177 Å². The quantitative estimate of drug-likeness (QED) is 0.153. The second-order valence-electron chi connectivity index (χ2n) is 16.2. The van der Waals surface area contributed by atoms with Crippen LogP contribution in [-0.2, 0) is 26.4 Å². The summed E-state index contributed by atoms with van der Waals surface area (Å²) in [5, 5.41) is 0. The Kier molecular flexibility index (Phi) is 14.2. The van der Waals surface area contributed by atoms with Gasteiger partial charge in [0, 0.05) is 43.6 Å². The van der Waals surface area contributed by atoms with Crippen molar-refractivity contribution in [3.8, 4) is 0 Å². The van der Waals surface area contributed by atoms with E-state index >= 15 is 0 Å². The minimum atomic E-state index is -0.250. The van der Waals surface area contributed by atoms with Crippen LogP contribution in [0.3, 0.4) is 0 Å². The van der Waals surface area contributed by atoms with Crippen LogP contribution in [0.25, 0.3) is 0 Å². The normalized spacial score (nSPS) is 16.3. The fourth-order valence-corrected chi connectivity index (χ4v) is 6.60. The van der Waals surface area contributed by atoms with E-state index in [9.17, 15) is 0 Å². The van der Waals surface area contributed by atoms with Crippen LogP contribution in [0.5, 0.6) is 0 Å². The molecular weight excluding hydrogens is 665 g/mol. The van der Waals surface area contributed by atoms with Crippen molar-refractivity contribution in [3.63, 3.8) is 0 Å². The van der Waals surface area contributed by atoms with Crippen LogP contribution in [0.4, 0.5) is 17.1 Å². The number of rotatable bonds is 10. The monoisotopic (exact) mass is 727 g/mol. The summed E-state index contributed by atoms with van der Waals surface area (Å²) in [5.74, 6) is 2.00. The van der Waals surface area contributed by atoms with Gasteiger partial charge in [-0.25, -0.2) is 0 Å². The summed E-state index contributed by atoms with van der Waals surface area (Å²) in [4.78, 5) is 7.00. The number of hydrogen-bond acceptors (Lipinski definition) is 5. The molecule has 276 valence electrons. The molecule has 0 unspecified atom stereocenters. The van der Waals surface area contributed by atoms with E-state index < -0.39 is 0 Å². The maximum absolute atomic E-state index is 5.99. The predicted octanol–water partition coefficient (Wildman–Crippen LogP) is 11.3. The first-order valence-corrected chi connectivity index (χ1v) is 18.4. The third kappa shape index (κ3) is 9.53. The zero-order chi connectivity index (χ0) is 36.3. The molecule has 3 aromatic carbocycles. The molecule has 2 aliphatic heterocycles. The molecule has 3 aromatic rings. The third-order valence-corrected chi connectivity index (χ3v) is 10.2.